The molecule has 0 heterocycles. The summed E-state index contributed by atoms with van der Waals surface area (Å²) in [5.74, 6) is 0. The molecule has 0 unspecified atom stereocenters. The summed E-state index contributed by atoms with van der Waals surface area (Å²) in [6.07, 6.45) is 0. The van der Waals surface area contributed by atoms with Crippen molar-refractivity contribution in [2.45, 2.75) is 18.4 Å². The standard InChI is InChI=1S/C16H20N2O2S/c1-13-9-10-16(11-14(13)12-17-2)21(19,20)18(3)15-7-5-4-6-8-15/h4-11,17H,12H2,1-3H3. The second-order valence-corrected chi connectivity index (χ2v) is 6.90. The van der Waals surface area contributed by atoms with Crippen molar-refractivity contribution in [2.24, 2.45) is 0 Å². The minimum absolute atomic E-state index is 0.310. The molecule has 2 aromatic rings. The molecule has 0 amide bonds. The van der Waals surface area contributed by atoms with Crippen LogP contribution in [0.25, 0.3) is 0 Å². The van der Waals surface area contributed by atoms with Gasteiger partial charge in [0.25, 0.3) is 10.0 Å². The fourth-order valence-electron chi connectivity index (χ4n) is 2.12. The molecule has 0 aliphatic heterocycles. The van der Waals surface area contributed by atoms with E-state index in [9.17, 15) is 8.42 Å². The Balaban J connectivity index is 2.42. The molecule has 0 aliphatic rings. The molecule has 5 heteroatoms. The van der Waals surface area contributed by atoms with E-state index in [-0.39, 0.29) is 0 Å². The molecule has 0 radical (unpaired) electrons. The van der Waals surface area contributed by atoms with Gasteiger partial charge in [-0.3, -0.25) is 4.31 Å². The Morgan fingerprint density at radius 2 is 1.76 bits per heavy atom. The maximum absolute atomic E-state index is 12.7. The Hall–Kier alpha value is -1.85. The van der Waals surface area contributed by atoms with Crippen LogP contribution in [0.15, 0.2) is 53.4 Å². The van der Waals surface area contributed by atoms with Gasteiger partial charge in [0.2, 0.25) is 0 Å². The van der Waals surface area contributed by atoms with Gasteiger partial charge in [0.05, 0.1) is 10.6 Å². The summed E-state index contributed by atoms with van der Waals surface area (Å²) in [5.41, 5.74) is 2.71. The fourth-order valence-corrected chi connectivity index (χ4v) is 3.37. The van der Waals surface area contributed by atoms with Crippen LogP contribution in [0.2, 0.25) is 0 Å². The SMILES string of the molecule is CNCc1cc(S(=O)(=O)N(C)c2ccccc2)ccc1C. The van der Waals surface area contributed by atoms with Crippen molar-refractivity contribution in [3.8, 4) is 0 Å². The van der Waals surface area contributed by atoms with Crippen LogP contribution in [0.3, 0.4) is 0 Å². The molecule has 0 aliphatic carbocycles. The van der Waals surface area contributed by atoms with Gasteiger partial charge in [-0.1, -0.05) is 24.3 Å². The van der Waals surface area contributed by atoms with Gasteiger partial charge in [0, 0.05) is 13.6 Å². The van der Waals surface area contributed by atoms with Gasteiger partial charge in [-0.25, -0.2) is 8.42 Å². The largest absolute Gasteiger partial charge is 0.316 e. The molecule has 21 heavy (non-hydrogen) atoms. The average Bonchev–Trinajstić information content (AvgIpc) is 2.49. The molecule has 0 spiro atoms. The van der Waals surface area contributed by atoms with E-state index in [1.165, 1.54) is 4.31 Å². The van der Waals surface area contributed by atoms with Crippen molar-refractivity contribution < 1.29 is 8.42 Å². The van der Waals surface area contributed by atoms with Gasteiger partial charge in [0.15, 0.2) is 0 Å². The van der Waals surface area contributed by atoms with Crippen LogP contribution in [-0.4, -0.2) is 22.5 Å². The van der Waals surface area contributed by atoms with Crippen molar-refractivity contribution in [1.29, 1.82) is 0 Å². The van der Waals surface area contributed by atoms with Crippen molar-refractivity contribution in [1.82, 2.24) is 5.32 Å². The van der Waals surface area contributed by atoms with Crippen LogP contribution in [0.1, 0.15) is 11.1 Å². The van der Waals surface area contributed by atoms with Crippen LogP contribution in [0.4, 0.5) is 5.69 Å². The van der Waals surface area contributed by atoms with Crippen molar-refractivity contribution in [2.75, 3.05) is 18.4 Å². The summed E-state index contributed by atoms with van der Waals surface area (Å²) in [7, 11) is -0.128. The monoisotopic (exact) mass is 304 g/mol. The Morgan fingerprint density at radius 1 is 1.10 bits per heavy atom. The molecular formula is C16H20N2O2S. The number of rotatable bonds is 5. The predicted octanol–water partition coefficient (Wildman–Crippen LogP) is 2.54. The van der Waals surface area contributed by atoms with E-state index in [1.54, 1.807) is 31.3 Å². The molecule has 0 saturated carbocycles. The lowest BCUT2D eigenvalue weighted by Gasteiger charge is -2.20. The van der Waals surface area contributed by atoms with E-state index >= 15 is 0 Å². The third kappa shape index (κ3) is 3.25. The Labute approximate surface area is 126 Å². The molecule has 1 N–H and O–H groups in total. The van der Waals surface area contributed by atoms with Gasteiger partial charge in [-0.05, 0) is 49.4 Å². The molecule has 112 valence electrons. The normalized spacial score (nSPS) is 11.4. The van der Waals surface area contributed by atoms with Crippen molar-refractivity contribution >= 4 is 15.7 Å². The highest BCUT2D eigenvalue weighted by Crippen LogP contribution is 2.23. The van der Waals surface area contributed by atoms with Crippen molar-refractivity contribution in [3.63, 3.8) is 0 Å². The number of para-hydroxylation sites is 1. The molecule has 0 saturated heterocycles. The number of benzene rings is 2. The first kappa shape index (κ1) is 15.5. The first-order valence-corrected chi connectivity index (χ1v) is 8.19. The second-order valence-electron chi connectivity index (χ2n) is 4.93. The lowest BCUT2D eigenvalue weighted by Crippen LogP contribution is -2.26. The maximum atomic E-state index is 12.7. The van der Waals surface area contributed by atoms with Crippen LogP contribution in [0.5, 0.6) is 0 Å². The van der Waals surface area contributed by atoms with E-state index in [0.717, 1.165) is 11.1 Å². The molecule has 2 aromatic carbocycles. The minimum Gasteiger partial charge on any atom is -0.316 e. The highest BCUT2D eigenvalue weighted by Gasteiger charge is 2.21. The number of hydrogen-bond acceptors (Lipinski definition) is 3. The van der Waals surface area contributed by atoms with E-state index in [4.69, 9.17) is 0 Å². The van der Waals surface area contributed by atoms with Crippen molar-refractivity contribution in [3.05, 3.63) is 59.7 Å². The third-order valence-electron chi connectivity index (χ3n) is 3.47. The topological polar surface area (TPSA) is 49.4 Å². The van der Waals surface area contributed by atoms with E-state index in [1.807, 2.05) is 38.2 Å². The number of sulfonamides is 1. The fraction of sp³-hybridized carbons (Fsp3) is 0.250. The zero-order valence-corrected chi connectivity index (χ0v) is 13.3. The molecule has 4 nitrogen and oxygen atoms in total. The van der Waals surface area contributed by atoms with Gasteiger partial charge < -0.3 is 5.32 Å². The zero-order chi connectivity index (χ0) is 15.5. The van der Waals surface area contributed by atoms with Crippen LogP contribution in [0, 0.1) is 6.92 Å². The molecule has 0 atom stereocenters. The second kappa shape index (κ2) is 6.28. The molecule has 0 bridgehead atoms. The van der Waals surface area contributed by atoms with E-state index in [2.05, 4.69) is 5.32 Å². The van der Waals surface area contributed by atoms with Gasteiger partial charge in [0.1, 0.15) is 0 Å². The van der Waals surface area contributed by atoms with Gasteiger partial charge in [-0.2, -0.15) is 0 Å². The number of nitrogens with zero attached hydrogens (tertiary/aromatic N) is 1. The highest BCUT2D eigenvalue weighted by molar-refractivity contribution is 7.92. The Morgan fingerprint density at radius 3 is 2.38 bits per heavy atom. The molecule has 0 fully saturated rings. The number of anilines is 1. The van der Waals surface area contributed by atoms with E-state index in [0.29, 0.717) is 17.1 Å². The molecule has 2 rings (SSSR count). The summed E-state index contributed by atoms with van der Waals surface area (Å²) in [6.45, 7) is 2.62. The lowest BCUT2D eigenvalue weighted by atomic mass is 10.1. The molecular weight excluding hydrogens is 284 g/mol. The average molecular weight is 304 g/mol. The quantitative estimate of drug-likeness (QED) is 0.923. The van der Waals surface area contributed by atoms with Gasteiger partial charge in [-0.15, -0.1) is 0 Å². The zero-order valence-electron chi connectivity index (χ0n) is 12.5. The minimum atomic E-state index is -3.54. The number of aryl methyl sites for hydroxylation is 1. The summed E-state index contributed by atoms with van der Waals surface area (Å²) in [6, 6.07) is 14.3. The number of nitrogens with one attached hydrogen (secondary N) is 1. The van der Waals surface area contributed by atoms with Crippen LogP contribution in [-0.2, 0) is 16.6 Å². The summed E-state index contributed by atoms with van der Waals surface area (Å²) >= 11 is 0. The first-order valence-electron chi connectivity index (χ1n) is 6.75. The van der Waals surface area contributed by atoms with Crippen LogP contribution < -0.4 is 9.62 Å². The Bertz CT molecular complexity index is 712. The van der Waals surface area contributed by atoms with Gasteiger partial charge >= 0.3 is 0 Å². The summed E-state index contributed by atoms with van der Waals surface area (Å²) in [5, 5.41) is 3.06. The van der Waals surface area contributed by atoms with E-state index < -0.39 is 10.0 Å². The smallest absolute Gasteiger partial charge is 0.264 e. The summed E-state index contributed by atoms with van der Waals surface area (Å²) < 4.78 is 26.7. The summed E-state index contributed by atoms with van der Waals surface area (Å²) in [4.78, 5) is 0.310. The predicted molar refractivity (Wildman–Crippen MR) is 86.0 cm³/mol. The molecule has 0 aromatic heterocycles. The Kier molecular flexibility index (Phi) is 4.65. The lowest BCUT2D eigenvalue weighted by molar-refractivity contribution is 0.594. The maximum Gasteiger partial charge on any atom is 0.264 e. The van der Waals surface area contributed by atoms with Crippen LogP contribution >= 0.6 is 0 Å². The highest BCUT2D eigenvalue weighted by atomic mass is 32.2. The number of hydrogen-bond donors (Lipinski definition) is 1. The first-order chi connectivity index (χ1) is 9.96. The third-order valence-corrected chi connectivity index (χ3v) is 5.25.